The van der Waals surface area contributed by atoms with E-state index in [1.165, 1.54) is 31.4 Å². The van der Waals surface area contributed by atoms with Gasteiger partial charge in [0.05, 0.1) is 5.56 Å². The summed E-state index contributed by atoms with van der Waals surface area (Å²) >= 11 is 0. The summed E-state index contributed by atoms with van der Waals surface area (Å²) in [5, 5.41) is 12.3. The van der Waals surface area contributed by atoms with Crippen LogP contribution in [0.2, 0.25) is 0 Å². The van der Waals surface area contributed by atoms with E-state index in [9.17, 15) is 9.18 Å². The lowest BCUT2D eigenvalue weighted by atomic mass is 9.84. The molecule has 1 fully saturated rings. The van der Waals surface area contributed by atoms with Crippen LogP contribution in [0.3, 0.4) is 0 Å². The Morgan fingerprint density at radius 3 is 2.63 bits per heavy atom. The number of nitrogens with one attached hydrogen (secondary N) is 1. The van der Waals surface area contributed by atoms with Crippen LogP contribution in [0.25, 0.3) is 0 Å². The first-order valence-corrected chi connectivity index (χ1v) is 6.89. The van der Waals surface area contributed by atoms with E-state index in [2.05, 4.69) is 12.2 Å². The number of aromatic carboxylic acids is 1. The van der Waals surface area contributed by atoms with Crippen LogP contribution >= 0.6 is 0 Å². The summed E-state index contributed by atoms with van der Waals surface area (Å²) in [6.07, 6.45) is 5.67. The Balaban J connectivity index is 2.05. The van der Waals surface area contributed by atoms with Crippen molar-refractivity contribution >= 4 is 11.7 Å². The Labute approximate surface area is 112 Å². The Kier molecular flexibility index (Phi) is 4.40. The molecule has 0 spiro atoms. The zero-order valence-electron chi connectivity index (χ0n) is 11.2. The van der Waals surface area contributed by atoms with Crippen LogP contribution in [0.4, 0.5) is 10.1 Å². The smallest absolute Gasteiger partial charge is 0.337 e. The Bertz CT molecular complexity index is 453. The van der Waals surface area contributed by atoms with Crippen LogP contribution < -0.4 is 5.32 Å². The quantitative estimate of drug-likeness (QED) is 0.868. The van der Waals surface area contributed by atoms with Gasteiger partial charge in [-0.2, -0.15) is 0 Å². The molecular weight excluding hydrogens is 245 g/mol. The first-order chi connectivity index (χ1) is 9.10. The van der Waals surface area contributed by atoms with E-state index in [1.54, 1.807) is 0 Å². The van der Waals surface area contributed by atoms with E-state index in [-0.39, 0.29) is 5.56 Å². The minimum atomic E-state index is -1.09. The van der Waals surface area contributed by atoms with Crippen molar-refractivity contribution in [2.75, 3.05) is 5.32 Å². The van der Waals surface area contributed by atoms with Crippen molar-refractivity contribution in [2.24, 2.45) is 5.92 Å². The number of carboxylic acids is 1. The summed E-state index contributed by atoms with van der Waals surface area (Å²) in [5.74, 6) is -0.813. The van der Waals surface area contributed by atoms with Gasteiger partial charge < -0.3 is 10.4 Å². The van der Waals surface area contributed by atoms with Crippen molar-refractivity contribution in [3.8, 4) is 0 Å². The molecule has 4 heteroatoms. The molecule has 1 saturated carbocycles. The molecule has 0 unspecified atom stereocenters. The standard InChI is InChI=1S/C15H20FNO2/c1-2-10-3-6-12(7-4-10)17-14-8-5-11(16)9-13(14)15(18)19/h5,8-10,12,17H,2-4,6-7H2,1H3,(H,18,19). The van der Waals surface area contributed by atoms with E-state index in [0.29, 0.717) is 11.7 Å². The van der Waals surface area contributed by atoms with Gasteiger partial charge in [-0.3, -0.25) is 0 Å². The largest absolute Gasteiger partial charge is 0.478 e. The normalized spacial score (nSPS) is 23.1. The van der Waals surface area contributed by atoms with Gasteiger partial charge in [0, 0.05) is 11.7 Å². The molecule has 0 aliphatic heterocycles. The number of carbonyl (C=O) groups is 1. The topological polar surface area (TPSA) is 49.3 Å². The maximum absolute atomic E-state index is 13.1. The van der Waals surface area contributed by atoms with Crippen LogP contribution in [0.1, 0.15) is 49.4 Å². The summed E-state index contributed by atoms with van der Waals surface area (Å²) in [6.45, 7) is 2.21. The lowest BCUT2D eigenvalue weighted by molar-refractivity contribution is 0.0697. The van der Waals surface area contributed by atoms with Gasteiger partial charge in [-0.25, -0.2) is 9.18 Å². The predicted octanol–water partition coefficient (Wildman–Crippen LogP) is 3.90. The monoisotopic (exact) mass is 265 g/mol. The third-order valence-electron chi connectivity index (χ3n) is 4.00. The fraction of sp³-hybridized carbons (Fsp3) is 0.533. The lowest BCUT2D eigenvalue weighted by Gasteiger charge is -2.29. The van der Waals surface area contributed by atoms with Crippen molar-refractivity contribution in [2.45, 2.75) is 45.1 Å². The maximum atomic E-state index is 13.1. The molecule has 0 amide bonds. The number of anilines is 1. The highest BCUT2D eigenvalue weighted by Gasteiger charge is 2.21. The summed E-state index contributed by atoms with van der Waals surface area (Å²) in [4.78, 5) is 11.1. The molecule has 104 valence electrons. The fourth-order valence-corrected chi connectivity index (χ4v) is 2.75. The number of hydrogen-bond donors (Lipinski definition) is 2. The SMILES string of the molecule is CCC1CCC(Nc2ccc(F)cc2C(=O)O)CC1. The van der Waals surface area contributed by atoms with Gasteiger partial charge in [0.15, 0.2) is 0 Å². The van der Waals surface area contributed by atoms with E-state index in [4.69, 9.17) is 5.11 Å². The predicted molar refractivity (Wildman–Crippen MR) is 73.0 cm³/mol. The molecule has 0 bridgehead atoms. The minimum absolute atomic E-state index is 0.0117. The summed E-state index contributed by atoms with van der Waals surface area (Å²) in [5.41, 5.74) is 0.534. The molecule has 0 saturated heterocycles. The van der Waals surface area contributed by atoms with Gasteiger partial charge >= 0.3 is 5.97 Å². The number of benzene rings is 1. The highest BCUT2D eigenvalue weighted by atomic mass is 19.1. The number of rotatable bonds is 4. The molecular formula is C15H20FNO2. The number of carboxylic acid groups (broad SMARTS) is 1. The van der Waals surface area contributed by atoms with Crippen molar-refractivity contribution in [1.29, 1.82) is 0 Å². The molecule has 19 heavy (non-hydrogen) atoms. The fourth-order valence-electron chi connectivity index (χ4n) is 2.75. The minimum Gasteiger partial charge on any atom is -0.478 e. The first kappa shape index (κ1) is 13.8. The number of halogens is 1. The van der Waals surface area contributed by atoms with E-state index in [0.717, 1.165) is 24.8 Å². The van der Waals surface area contributed by atoms with E-state index >= 15 is 0 Å². The number of hydrogen-bond acceptors (Lipinski definition) is 2. The van der Waals surface area contributed by atoms with Crippen LogP contribution in [-0.2, 0) is 0 Å². The molecule has 1 aliphatic rings. The maximum Gasteiger partial charge on any atom is 0.337 e. The molecule has 1 aromatic carbocycles. The van der Waals surface area contributed by atoms with Crippen molar-refractivity contribution in [3.05, 3.63) is 29.6 Å². The molecule has 1 aliphatic carbocycles. The molecule has 2 N–H and O–H groups in total. The first-order valence-electron chi connectivity index (χ1n) is 6.89. The Morgan fingerprint density at radius 1 is 1.37 bits per heavy atom. The molecule has 0 radical (unpaired) electrons. The summed E-state index contributed by atoms with van der Waals surface area (Å²) < 4.78 is 13.1. The average molecular weight is 265 g/mol. The second kappa shape index (κ2) is 6.04. The van der Waals surface area contributed by atoms with E-state index < -0.39 is 11.8 Å². The molecule has 3 nitrogen and oxygen atoms in total. The third-order valence-corrected chi connectivity index (χ3v) is 4.00. The van der Waals surface area contributed by atoms with Crippen molar-refractivity contribution in [3.63, 3.8) is 0 Å². The second-order valence-corrected chi connectivity index (χ2v) is 5.27. The molecule has 2 rings (SSSR count). The lowest BCUT2D eigenvalue weighted by Crippen LogP contribution is -2.26. The van der Waals surface area contributed by atoms with Gasteiger partial charge in [-0.05, 0) is 49.8 Å². The zero-order valence-corrected chi connectivity index (χ0v) is 11.2. The highest BCUT2D eigenvalue weighted by Crippen LogP contribution is 2.29. The van der Waals surface area contributed by atoms with Gasteiger partial charge in [-0.1, -0.05) is 13.3 Å². The van der Waals surface area contributed by atoms with Crippen molar-refractivity contribution < 1.29 is 14.3 Å². The molecule has 0 heterocycles. The van der Waals surface area contributed by atoms with Gasteiger partial charge in [0.1, 0.15) is 5.82 Å². The molecule has 0 aromatic heterocycles. The van der Waals surface area contributed by atoms with Gasteiger partial charge in [-0.15, -0.1) is 0 Å². The van der Waals surface area contributed by atoms with Gasteiger partial charge in [0.25, 0.3) is 0 Å². The summed E-state index contributed by atoms with van der Waals surface area (Å²) in [7, 11) is 0. The second-order valence-electron chi connectivity index (χ2n) is 5.27. The van der Waals surface area contributed by atoms with Crippen LogP contribution in [0, 0.1) is 11.7 Å². The zero-order chi connectivity index (χ0) is 13.8. The summed E-state index contributed by atoms with van der Waals surface area (Å²) in [6, 6.07) is 4.19. The molecule has 1 aromatic rings. The third kappa shape index (κ3) is 3.46. The van der Waals surface area contributed by atoms with Gasteiger partial charge in [0.2, 0.25) is 0 Å². The Morgan fingerprint density at radius 2 is 2.05 bits per heavy atom. The van der Waals surface area contributed by atoms with E-state index in [1.807, 2.05) is 0 Å². The molecule has 0 atom stereocenters. The Hall–Kier alpha value is -1.58. The highest BCUT2D eigenvalue weighted by molar-refractivity contribution is 5.94. The average Bonchev–Trinajstić information content (AvgIpc) is 2.41. The van der Waals surface area contributed by atoms with Crippen LogP contribution in [-0.4, -0.2) is 17.1 Å². The van der Waals surface area contributed by atoms with Crippen molar-refractivity contribution in [1.82, 2.24) is 0 Å². The van der Waals surface area contributed by atoms with Crippen LogP contribution in [0.15, 0.2) is 18.2 Å². The van der Waals surface area contributed by atoms with Crippen LogP contribution in [0.5, 0.6) is 0 Å².